The van der Waals surface area contributed by atoms with Crippen molar-refractivity contribution in [2.75, 3.05) is 13.6 Å². The average Bonchev–Trinajstić information content (AvgIpc) is 2.23. The Bertz CT molecular complexity index is 284. The highest BCUT2D eigenvalue weighted by Gasteiger charge is 2.24. The van der Waals surface area contributed by atoms with E-state index in [2.05, 4.69) is 42.3 Å². The summed E-state index contributed by atoms with van der Waals surface area (Å²) in [4.78, 5) is 2.40. The summed E-state index contributed by atoms with van der Waals surface area (Å²) in [5, 5.41) is 0. The second kappa shape index (κ2) is 4.11. The van der Waals surface area contributed by atoms with Crippen molar-refractivity contribution in [3.05, 3.63) is 35.9 Å². The van der Waals surface area contributed by atoms with Crippen LogP contribution in [0, 0.1) is 0 Å². The molecule has 2 N–H and O–H groups in total. The van der Waals surface area contributed by atoms with Crippen LogP contribution in [-0.2, 0) is 0 Å². The molecule has 14 heavy (non-hydrogen) atoms. The Morgan fingerprint density at radius 1 is 1.29 bits per heavy atom. The van der Waals surface area contributed by atoms with E-state index in [0.29, 0.717) is 12.1 Å². The summed E-state index contributed by atoms with van der Waals surface area (Å²) in [5.74, 6) is 0. The summed E-state index contributed by atoms with van der Waals surface area (Å²) in [7, 11) is 2.18. The number of hydrogen-bond donors (Lipinski definition) is 1. The molecule has 1 saturated heterocycles. The van der Waals surface area contributed by atoms with Crippen LogP contribution in [0.5, 0.6) is 0 Å². The van der Waals surface area contributed by atoms with Gasteiger partial charge >= 0.3 is 0 Å². The van der Waals surface area contributed by atoms with Crippen LogP contribution in [-0.4, -0.2) is 24.5 Å². The second-order valence-electron chi connectivity index (χ2n) is 4.19. The van der Waals surface area contributed by atoms with Gasteiger partial charge in [-0.3, -0.25) is 4.90 Å². The SMILES string of the molecule is CN1CCC(N)CC1c1ccccc1. The molecule has 0 aliphatic carbocycles. The van der Waals surface area contributed by atoms with Crippen molar-refractivity contribution in [1.29, 1.82) is 0 Å². The Balaban J connectivity index is 2.16. The third-order valence-electron chi connectivity index (χ3n) is 3.10. The van der Waals surface area contributed by atoms with Crippen LogP contribution in [0.2, 0.25) is 0 Å². The fraction of sp³-hybridized carbons (Fsp3) is 0.500. The van der Waals surface area contributed by atoms with Gasteiger partial charge in [0, 0.05) is 12.1 Å². The lowest BCUT2D eigenvalue weighted by atomic mass is 9.93. The Hall–Kier alpha value is -0.860. The molecule has 76 valence electrons. The highest BCUT2D eigenvalue weighted by Crippen LogP contribution is 2.28. The van der Waals surface area contributed by atoms with Crippen LogP contribution in [0.1, 0.15) is 24.4 Å². The molecule has 2 unspecified atom stereocenters. The van der Waals surface area contributed by atoms with E-state index < -0.39 is 0 Å². The molecule has 0 aromatic heterocycles. The molecule has 1 heterocycles. The first kappa shape index (κ1) is 9.69. The minimum atomic E-state index is 0.372. The van der Waals surface area contributed by atoms with E-state index in [4.69, 9.17) is 5.73 Å². The number of piperidine rings is 1. The van der Waals surface area contributed by atoms with Gasteiger partial charge in [-0.2, -0.15) is 0 Å². The highest BCUT2D eigenvalue weighted by atomic mass is 15.1. The zero-order valence-electron chi connectivity index (χ0n) is 8.69. The Labute approximate surface area is 85.7 Å². The zero-order valence-corrected chi connectivity index (χ0v) is 8.69. The maximum atomic E-state index is 6.00. The van der Waals surface area contributed by atoms with Crippen LogP contribution >= 0.6 is 0 Å². The van der Waals surface area contributed by atoms with Gasteiger partial charge in [0.25, 0.3) is 0 Å². The Kier molecular flexibility index (Phi) is 2.85. The van der Waals surface area contributed by atoms with Gasteiger partial charge in [0.15, 0.2) is 0 Å². The fourth-order valence-electron chi connectivity index (χ4n) is 2.18. The van der Waals surface area contributed by atoms with Crippen molar-refractivity contribution in [2.45, 2.75) is 24.9 Å². The maximum Gasteiger partial charge on any atom is 0.0359 e. The van der Waals surface area contributed by atoms with E-state index in [0.717, 1.165) is 19.4 Å². The molecule has 2 atom stereocenters. The topological polar surface area (TPSA) is 29.3 Å². The molecule has 2 nitrogen and oxygen atoms in total. The smallest absolute Gasteiger partial charge is 0.0359 e. The maximum absolute atomic E-state index is 6.00. The van der Waals surface area contributed by atoms with Crippen LogP contribution in [0.3, 0.4) is 0 Å². The number of rotatable bonds is 1. The third-order valence-corrected chi connectivity index (χ3v) is 3.10. The summed E-state index contributed by atoms with van der Waals surface area (Å²) in [6.45, 7) is 1.11. The Morgan fingerprint density at radius 2 is 2.00 bits per heavy atom. The quantitative estimate of drug-likeness (QED) is 0.731. The molecular formula is C12H18N2. The molecular weight excluding hydrogens is 172 g/mol. The van der Waals surface area contributed by atoms with E-state index >= 15 is 0 Å². The predicted octanol–water partition coefficient (Wildman–Crippen LogP) is 1.78. The van der Waals surface area contributed by atoms with Crippen LogP contribution in [0.15, 0.2) is 30.3 Å². The largest absolute Gasteiger partial charge is 0.328 e. The van der Waals surface area contributed by atoms with E-state index in [-0.39, 0.29) is 0 Å². The van der Waals surface area contributed by atoms with Crippen molar-refractivity contribution in [2.24, 2.45) is 5.73 Å². The number of likely N-dealkylation sites (tertiary alicyclic amines) is 1. The van der Waals surface area contributed by atoms with Gasteiger partial charge < -0.3 is 5.73 Å². The molecule has 0 bridgehead atoms. The van der Waals surface area contributed by atoms with Crippen molar-refractivity contribution >= 4 is 0 Å². The van der Waals surface area contributed by atoms with Crippen LogP contribution in [0.25, 0.3) is 0 Å². The second-order valence-corrected chi connectivity index (χ2v) is 4.19. The normalized spacial score (nSPS) is 29.0. The van der Waals surface area contributed by atoms with Crippen molar-refractivity contribution in [3.8, 4) is 0 Å². The van der Waals surface area contributed by atoms with Gasteiger partial charge in [-0.25, -0.2) is 0 Å². The van der Waals surface area contributed by atoms with Gasteiger partial charge in [-0.1, -0.05) is 30.3 Å². The first-order chi connectivity index (χ1) is 6.77. The van der Waals surface area contributed by atoms with E-state index in [1.54, 1.807) is 0 Å². The lowest BCUT2D eigenvalue weighted by molar-refractivity contribution is 0.171. The summed E-state index contributed by atoms with van der Waals surface area (Å²) >= 11 is 0. The minimum Gasteiger partial charge on any atom is -0.328 e. The number of benzene rings is 1. The molecule has 1 aliphatic rings. The van der Waals surface area contributed by atoms with E-state index in [9.17, 15) is 0 Å². The molecule has 0 spiro atoms. The molecule has 1 fully saturated rings. The molecule has 1 aliphatic heterocycles. The molecule has 0 radical (unpaired) electrons. The fourth-order valence-corrected chi connectivity index (χ4v) is 2.18. The molecule has 0 saturated carbocycles. The van der Waals surface area contributed by atoms with Gasteiger partial charge in [0.05, 0.1) is 0 Å². The van der Waals surface area contributed by atoms with Gasteiger partial charge in [-0.05, 0) is 32.0 Å². The van der Waals surface area contributed by atoms with Gasteiger partial charge in [0.2, 0.25) is 0 Å². The first-order valence-electron chi connectivity index (χ1n) is 5.28. The Morgan fingerprint density at radius 3 is 2.71 bits per heavy atom. The van der Waals surface area contributed by atoms with E-state index in [1.165, 1.54) is 5.56 Å². The number of hydrogen-bond acceptors (Lipinski definition) is 2. The van der Waals surface area contributed by atoms with Crippen LogP contribution < -0.4 is 5.73 Å². The highest BCUT2D eigenvalue weighted by molar-refractivity contribution is 5.19. The van der Waals surface area contributed by atoms with Gasteiger partial charge in [-0.15, -0.1) is 0 Å². The van der Waals surface area contributed by atoms with Crippen molar-refractivity contribution in [3.63, 3.8) is 0 Å². The minimum absolute atomic E-state index is 0.372. The lowest BCUT2D eigenvalue weighted by Crippen LogP contribution is -2.39. The lowest BCUT2D eigenvalue weighted by Gasteiger charge is -2.36. The van der Waals surface area contributed by atoms with Crippen LogP contribution in [0.4, 0.5) is 0 Å². The number of nitrogens with two attached hydrogens (primary N) is 1. The van der Waals surface area contributed by atoms with Gasteiger partial charge in [0.1, 0.15) is 0 Å². The monoisotopic (exact) mass is 190 g/mol. The molecule has 2 heteroatoms. The standard InChI is InChI=1S/C12H18N2/c1-14-8-7-11(13)9-12(14)10-5-3-2-4-6-10/h2-6,11-12H,7-9,13H2,1H3. The predicted molar refractivity (Wildman–Crippen MR) is 59.0 cm³/mol. The summed E-state index contributed by atoms with van der Waals surface area (Å²) in [6, 6.07) is 11.5. The molecule has 1 aromatic rings. The summed E-state index contributed by atoms with van der Waals surface area (Å²) in [6.07, 6.45) is 2.21. The number of nitrogens with zero attached hydrogens (tertiary/aromatic N) is 1. The first-order valence-corrected chi connectivity index (χ1v) is 5.28. The van der Waals surface area contributed by atoms with Crippen molar-refractivity contribution in [1.82, 2.24) is 4.90 Å². The average molecular weight is 190 g/mol. The third kappa shape index (κ3) is 1.97. The summed E-state index contributed by atoms with van der Waals surface area (Å²) in [5.41, 5.74) is 7.39. The van der Waals surface area contributed by atoms with Crippen molar-refractivity contribution < 1.29 is 0 Å². The molecule has 0 amide bonds. The summed E-state index contributed by atoms with van der Waals surface area (Å²) < 4.78 is 0. The molecule has 1 aromatic carbocycles. The van der Waals surface area contributed by atoms with E-state index in [1.807, 2.05) is 0 Å². The molecule has 2 rings (SSSR count). The zero-order chi connectivity index (χ0) is 9.97.